The highest BCUT2D eigenvalue weighted by Crippen LogP contribution is 2.30. The molecule has 0 bridgehead atoms. The summed E-state index contributed by atoms with van der Waals surface area (Å²) in [4.78, 5) is 29.6. The molecule has 160 valence electrons. The third-order valence-corrected chi connectivity index (χ3v) is 7.57. The molecule has 3 rings (SSSR count). The summed E-state index contributed by atoms with van der Waals surface area (Å²) in [6.45, 7) is 6.51. The smallest absolute Gasteiger partial charge is 0.267 e. The van der Waals surface area contributed by atoms with Crippen LogP contribution in [0.4, 0.5) is 5.69 Å². The van der Waals surface area contributed by atoms with Gasteiger partial charge in [0.05, 0.1) is 10.7 Å². The zero-order chi connectivity index (χ0) is 22.3. The molecule has 0 fully saturated rings. The summed E-state index contributed by atoms with van der Waals surface area (Å²) >= 11 is 6.98. The van der Waals surface area contributed by atoms with Gasteiger partial charge in [-0.1, -0.05) is 17.7 Å². The Morgan fingerprint density at radius 1 is 1.27 bits per heavy atom. The Labute approximate surface area is 183 Å². The van der Waals surface area contributed by atoms with Crippen molar-refractivity contribution in [3.8, 4) is 0 Å². The number of halogens is 1. The first-order valence-electron chi connectivity index (χ1n) is 8.78. The monoisotopic (exact) mass is 469 g/mol. The predicted octanol–water partition coefficient (Wildman–Crippen LogP) is 3.43. The van der Waals surface area contributed by atoms with Crippen LogP contribution in [0.3, 0.4) is 0 Å². The number of ketones is 1. The Bertz CT molecular complexity index is 1170. The van der Waals surface area contributed by atoms with Gasteiger partial charge in [-0.15, -0.1) is 16.8 Å². The van der Waals surface area contributed by atoms with Crippen LogP contribution in [-0.4, -0.2) is 25.8 Å². The Balaban J connectivity index is 1.94. The maximum absolute atomic E-state index is 13.0. The second kappa shape index (κ2) is 8.12. The lowest BCUT2D eigenvalue weighted by Gasteiger charge is -2.24. The van der Waals surface area contributed by atoms with Crippen molar-refractivity contribution < 1.29 is 22.8 Å². The highest BCUT2D eigenvalue weighted by Gasteiger charge is 2.39. The molecule has 3 N–H and O–H groups in total. The fourth-order valence-corrected chi connectivity index (χ4v) is 5.83. The van der Waals surface area contributed by atoms with Crippen molar-refractivity contribution in [2.75, 3.05) is 5.32 Å². The van der Waals surface area contributed by atoms with Gasteiger partial charge >= 0.3 is 0 Å². The minimum absolute atomic E-state index is 0.0282. The molecule has 0 spiro atoms. The molecule has 1 atom stereocenters. The highest BCUT2D eigenvalue weighted by atomic mass is 35.5. The average Bonchev–Trinajstić information content (AvgIpc) is 3.24. The average molecular weight is 470 g/mol. The first-order chi connectivity index (χ1) is 13.9. The topological polar surface area (TPSA) is 114 Å². The minimum Gasteiger partial charge on any atom is -0.413 e. The molecular formula is C19H20ClN3O5S2. The zero-order valence-corrected chi connectivity index (χ0v) is 19.0. The van der Waals surface area contributed by atoms with E-state index < -0.39 is 21.6 Å². The molecule has 8 nitrogen and oxygen atoms in total. The largest absolute Gasteiger partial charge is 0.413 e. The Morgan fingerprint density at radius 2 is 1.97 bits per heavy atom. The number of nitrogens with one attached hydrogen (secondary N) is 3. The number of amides is 1. The van der Waals surface area contributed by atoms with Gasteiger partial charge in [-0.2, -0.15) is 4.72 Å². The molecule has 1 unspecified atom stereocenters. The number of sulfonamides is 1. The van der Waals surface area contributed by atoms with Gasteiger partial charge in [0.25, 0.3) is 5.91 Å². The lowest BCUT2D eigenvalue weighted by atomic mass is 10.0. The van der Waals surface area contributed by atoms with Crippen LogP contribution in [0, 0.1) is 13.8 Å². The maximum Gasteiger partial charge on any atom is 0.267 e. The van der Waals surface area contributed by atoms with Crippen LogP contribution >= 0.6 is 22.9 Å². The van der Waals surface area contributed by atoms with Crippen LogP contribution in [0.2, 0.25) is 0 Å². The standard InChI is InChI=1S/C19H20ClN3O5S2/c1-10-7-11(2)16(13(8-10)12(3)24)21-18(25)17-14(5-6-29-17)30(26,27)23-19(4)15(20)9-28-22-19/h5-9,22-23H,1-4H3,(H,21,25). The lowest BCUT2D eigenvalue weighted by molar-refractivity contribution is 0.100. The summed E-state index contributed by atoms with van der Waals surface area (Å²) in [5, 5.41) is 4.30. The molecule has 1 aromatic heterocycles. The van der Waals surface area contributed by atoms with Crippen molar-refractivity contribution in [2.45, 2.75) is 38.3 Å². The molecule has 11 heteroatoms. The van der Waals surface area contributed by atoms with Crippen LogP contribution < -0.4 is 15.5 Å². The number of rotatable bonds is 6. The van der Waals surface area contributed by atoms with Gasteiger partial charge in [-0.05, 0) is 56.3 Å². The van der Waals surface area contributed by atoms with Gasteiger partial charge < -0.3 is 10.2 Å². The van der Waals surface area contributed by atoms with Gasteiger partial charge in [-0.25, -0.2) is 8.42 Å². The summed E-state index contributed by atoms with van der Waals surface area (Å²) < 4.78 is 28.3. The molecule has 2 heterocycles. The molecule has 1 aromatic carbocycles. The SMILES string of the molecule is CC(=O)c1cc(C)cc(C)c1NC(=O)c1sccc1S(=O)(=O)NC1(C)NOC=C1Cl. The first kappa shape index (κ1) is 22.4. The number of hydrogen-bond acceptors (Lipinski definition) is 7. The van der Waals surface area contributed by atoms with E-state index in [0.29, 0.717) is 16.8 Å². The molecule has 0 aliphatic carbocycles. The van der Waals surface area contributed by atoms with E-state index in [-0.39, 0.29) is 20.6 Å². The number of hydrogen-bond donors (Lipinski definition) is 3. The van der Waals surface area contributed by atoms with E-state index in [9.17, 15) is 18.0 Å². The van der Waals surface area contributed by atoms with Crippen LogP contribution in [0.1, 0.15) is 45.0 Å². The van der Waals surface area contributed by atoms with E-state index in [1.54, 1.807) is 13.0 Å². The van der Waals surface area contributed by atoms with Crippen molar-refractivity contribution in [3.63, 3.8) is 0 Å². The van der Waals surface area contributed by atoms with Gasteiger partial charge in [0.2, 0.25) is 10.0 Å². The summed E-state index contributed by atoms with van der Waals surface area (Å²) in [7, 11) is -4.14. The van der Waals surface area contributed by atoms with Crippen molar-refractivity contribution in [1.82, 2.24) is 10.2 Å². The van der Waals surface area contributed by atoms with Gasteiger partial charge in [-0.3, -0.25) is 9.59 Å². The van der Waals surface area contributed by atoms with Crippen LogP contribution in [0.5, 0.6) is 0 Å². The van der Waals surface area contributed by atoms with E-state index in [1.165, 1.54) is 31.6 Å². The van der Waals surface area contributed by atoms with Crippen LogP contribution in [0.15, 0.2) is 39.8 Å². The molecule has 2 aromatic rings. The number of aryl methyl sites for hydroxylation is 2. The van der Waals surface area contributed by atoms with Crippen LogP contribution in [-0.2, 0) is 14.9 Å². The number of benzene rings is 1. The predicted molar refractivity (Wildman–Crippen MR) is 115 cm³/mol. The number of anilines is 1. The molecule has 0 saturated heterocycles. The Morgan fingerprint density at radius 3 is 2.57 bits per heavy atom. The molecule has 1 aliphatic heterocycles. The molecule has 30 heavy (non-hydrogen) atoms. The maximum atomic E-state index is 13.0. The van der Waals surface area contributed by atoms with Gasteiger partial charge in [0.1, 0.15) is 16.0 Å². The third kappa shape index (κ3) is 4.28. The second-order valence-electron chi connectivity index (χ2n) is 7.04. The Kier molecular flexibility index (Phi) is 6.08. The molecule has 0 radical (unpaired) electrons. The normalized spacial score (nSPS) is 18.6. The number of carbonyl (C=O) groups excluding carboxylic acids is 2. The fraction of sp³-hybridized carbons (Fsp3) is 0.263. The summed E-state index contributed by atoms with van der Waals surface area (Å²) in [6.07, 6.45) is 1.18. The molecule has 0 saturated carbocycles. The fourth-order valence-electron chi connectivity index (χ4n) is 3.02. The van der Waals surface area contributed by atoms with Gasteiger partial charge in [0, 0.05) is 5.56 Å². The lowest BCUT2D eigenvalue weighted by Crippen LogP contribution is -2.53. The van der Waals surface area contributed by atoms with Crippen molar-refractivity contribution >= 4 is 50.3 Å². The van der Waals surface area contributed by atoms with E-state index in [2.05, 4.69) is 15.5 Å². The van der Waals surface area contributed by atoms with Crippen molar-refractivity contribution in [3.05, 3.63) is 56.4 Å². The quantitative estimate of drug-likeness (QED) is 0.558. The summed E-state index contributed by atoms with van der Waals surface area (Å²) in [6, 6.07) is 4.84. The van der Waals surface area contributed by atoms with Crippen molar-refractivity contribution in [2.24, 2.45) is 0 Å². The number of thiophene rings is 1. The number of hydroxylamine groups is 1. The molecular weight excluding hydrogens is 450 g/mol. The van der Waals surface area contributed by atoms with Crippen molar-refractivity contribution in [1.29, 1.82) is 0 Å². The number of Topliss-reactive ketones (excluding diaryl/α,β-unsaturated/α-hetero) is 1. The van der Waals surface area contributed by atoms with E-state index in [1.807, 2.05) is 13.0 Å². The minimum atomic E-state index is -4.14. The summed E-state index contributed by atoms with van der Waals surface area (Å²) in [5.74, 6) is -0.846. The van der Waals surface area contributed by atoms with E-state index in [0.717, 1.165) is 16.9 Å². The zero-order valence-electron chi connectivity index (χ0n) is 16.6. The molecule has 1 amide bonds. The molecule has 1 aliphatic rings. The number of carbonyl (C=O) groups is 2. The van der Waals surface area contributed by atoms with Gasteiger partial charge in [0.15, 0.2) is 11.4 Å². The summed E-state index contributed by atoms with van der Waals surface area (Å²) in [5.41, 5.74) is 3.39. The third-order valence-electron chi connectivity index (χ3n) is 4.46. The highest BCUT2D eigenvalue weighted by molar-refractivity contribution is 7.89. The van der Waals surface area contributed by atoms with E-state index in [4.69, 9.17) is 16.4 Å². The Hall–Kier alpha value is -2.24. The second-order valence-corrected chi connectivity index (χ2v) is 10.0. The van der Waals surface area contributed by atoms with Crippen LogP contribution in [0.25, 0.3) is 0 Å². The first-order valence-corrected chi connectivity index (χ1v) is 11.5. The van der Waals surface area contributed by atoms with E-state index >= 15 is 0 Å².